The summed E-state index contributed by atoms with van der Waals surface area (Å²) >= 11 is 0. The molecule has 0 heterocycles. The molecule has 0 unspecified atom stereocenters. The molecule has 2 rings (SSSR count). The number of esters is 1. The summed E-state index contributed by atoms with van der Waals surface area (Å²) in [6.45, 7) is 0.362. The van der Waals surface area contributed by atoms with E-state index < -0.39 is 5.97 Å². The maximum Gasteiger partial charge on any atom is 0.338 e. The predicted octanol–water partition coefficient (Wildman–Crippen LogP) is 2.66. The van der Waals surface area contributed by atoms with E-state index in [1.54, 1.807) is 18.2 Å². The molecule has 2 N–H and O–H groups in total. The van der Waals surface area contributed by atoms with Crippen molar-refractivity contribution in [2.45, 2.75) is 13.0 Å². The number of rotatable bonds is 4. The van der Waals surface area contributed by atoms with Gasteiger partial charge in [-0.1, -0.05) is 24.3 Å². The Morgan fingerprint density at radius 1 is 1.15 bits per heavy atom. The summed E-state index contributed by atoms with van der Waals surface area (Å²) in [5.74, 6) is -0.669. The molecule has 0 radical (unpaired) electrons. The molecule has 0 bridgehead atoms. The Bertz CT molecular complexity index is 608. The second-order valence-corrected chi connectivity index (χ2v) is 4.49. The topological polar surface area (TPSA) is 52.3 Å². The molecule has 2 aromatic rings. The number of benzene rings is 2. The van der Waals surface area contributed by atoms with Crippen LogP contribution in [-0.4, -0.2) is 13.1 Å². The van der Waals surface area contributed by atoms with E-state index in [0.29, 0.717) is 18.5 Å². The van der Waals surface area contributed by atoms with Crippen molar-refractivity contribution in [3.05, 3.63) is 70.5 Å². The van der Waals surface area contributed by atoms with Gasteiger partial charge in [0.2, 0.25) is 0 Å². The molecule has 104 valence electrons. The average molecular weight is 273 g/mol. The fourth-order valence-corrected chi connectivity index (χ4v) is 2.03. The zero-order valence-corrected chi connectivity index (χ0v) is 11.2. The third-order valence-electron chi connectivity index (χ3n) is 3.12. The predicted molar refractivity (Wildman–Crippen MR) is 74.9 cm³/mol. The first kappa shape index (κ1) is 14.2. The Kier molecular flexibility index (Phi) is 4.48. The van der Waals surface area contributed by atoms with Crippen molar-refractivity contribution in [2.75, 3.05) is 7.11 Å². The van der Waals surface area contributed by atoms with E-state index >= 15 is 0 Å². The fraction of sp³-hybridized carbons (Fsp3) is 0.188. The normalized spacial score (nSPS) is 10.3. The monoisotopic (exact) mass is 273 g/mol. The number of nitrogens with two attached hydrogens (primary N) is 1. The highest BCUT2D eigenvalue weighted by molar-refractivity contribution is 5.91. The average Bonchev–Trinajstić information content (AvgIpc) is 2.49. The van der Waals surface area contributed by atoms with E-state index in [4.69, 9.17) is 10.5 Å². The highest BCUT2D eigenvalue weighted by Gasteiger charge is 2.13. The zero-order chi connectivity index (χ0) is 14.5. The third-order valence-corrected chi connectivity index (χ3v) is 3.12. The SMILES string of the molecule is COC(=O)c1cc(CN)ccc1Cc1ccc(F)cc1. The molecule has 0 saturated carbocycles. The molecule has 0 amide bonds. The number of ether oxygens (including phenoxy) is 1. The van der Waals surface area contributed by atoms with Crippen LogP contribution in [0.1, 0.15) is 27.0 Å². The van der Waals surface area contributed by atoms with Gasteiger partial charge in [-0.25, -0.2) is 9.18 Å². The molecule has 0 saturated heterocycles. The van der Waals surface area contributed by atoms with E-state index in [2.05, 4.69) is 0 Å². The summed E-state index contributed by atoms with van der Waals surface area (Å²) in [6.07, 6.45) is 0.537. The van der Waals surface area contributed by atoms with Gasteiger partial charge in [-0.3, -0.25) is 0 Å². The van der Waals surface area contributed by atoms with Gasteiger partial charge in [0.1, 0.15) is 5.82 Å². The molecule has 3 nitrogen and oxygen atoms in total. The van der Waals surface area contributed by atoms with Gasteiger partial charge in [0, 0.05) is 6.54 Å². The van der Waals surface area contributed by atoms with Gasteiger partial charge >= 0.3 is 5.97 Å². The summed E-state index contributed by atoms with van der Waals surface area (Å²) in [7, 11) is 1.35. The van der Waals surface area contributed by atoms with Crippen LogP contribution < -0.4 is 5.73 Å². The van der Waals surface area contributed by atoms with Crippen molar-refractivity contribution in [1.82, 2.24) is 0 Å². The smallest absolute Gasteiger partial charge is 0.338 e. The Morgan fingerprint density at radius 2 is 1.80 bits per heavy atom. The first-order chi connectivity index (χ1) is 9.63. The van der Waals surface area contributed by atoms with Crippen molar-refractivity contribution in [1.29, 1.82) is 0 Å². The number of halogens is 1. The minimum absolute atomic E-state index is 0.277. The summed E-state index contributed by atoms with van der Waals surface area (Å²) in [5.41, 5.74) is 8.72. The maximum atomic E-state index is 12.9. The minimum Gasteiger partial charge on any atom is -0.465 e. The van der Waals surface area contributed by atoms with Crippen molar-refractivity contribution in [2.24, 2.45) is 5.73 Å². The Hall–Kier alpha value is -2.20. The molecule has 0 aromatic heterocycles. The van der Waals surface area contributed by atoms with Crippen LogP contribution in [0.5, 0.6) is 0 Å². The van der Waals surface area contributed by atoms with Crippen LogP contribution in [0.3, 0.4) is 0 Å². The lowest BCUT2D eigenvalue weighted by atomic mass is 9.97. The first-order valence-electron chi connectivity index (χ1n) is 6.28. The molecule has 0 atom stereocenters. The van der Waals surface area contributed by atoms with Crippen molar-refractivity contribution < 1.29 is 13.9 Å². The van der Waals surface area contributed by atoms with Crippen LogP contribution in [-0.2, 0) is 17.7 Å². The Labute approximate surface area is 117 Å². The molecular formula is C16H16FNO2. The Morgan fingerprint density at radius 3 is 2.40 bits per heavy atom. The summed E-state index contributed by atoms with van der Waals surface area (Å²) in [4.78, 5) is 11.8. The van der Waals surface area contributed by atoms with E-state index in [9.17, 15) is 9.18 Å². The van der Waals surface area contributed by atoms with Crippen LogP contribution in [0, 0.1) is 5.82 Å². The van der Waals surface area contributed by atoms with Gasteiger partial charge in [-0.2, -0.15) is 0 Å². The van der Waals surface area contributed by atoms with E-state index in [-0.39, 0.29) is 5.82 Å². The summed E-state index contributed by atoms with van der Waals surface area (Å²) in [6, 6.07) is 11.7. The lowest BCUT2D eigenvalue weighted by molar-refractivity contribution is 0.0599. The molecule has 0 fully saturated rings. The molecule has 0 spiro atoms. The number of methoxy groups -OCH3 is 1. The quantitative estimate of drug-likeness (QED) is 0.871. The molecule has 0 aliphatic carbocycles. The number of carbonyl (C=O) groups is 1. The van der Waals surface area contributed by atoms with E-state index in [1.807, 2.05) is 12.1 Å². The van der Waals surface area contributed by atoms with Crippen LogP contribution in [0.2, 0.25) is 0 Å². The summed E-state index contributed by atoms with van der Waals surface area (Å²) in [5, 5.41) is 0. The first-order valence-corrected chi connectivity index (χ1v) is 6.28. The van der Waals surface area contributed by atoms with Crippen LogP contribution in [0.15, 0.2) is 42.5 Å². The molecule has 4 heteroatoms. The third kappa shape index (κ3) is 3.22. The highest BCUT2D eigenvalue weighted by Crippen LogP contribution is 2.18. The molecule has 0 aliphatic heterocycles. The van der Waals surface area contributed by atoms with Crippen LogP contribution in [0.25, 0.3) is 0 Å². The van der Waals surface area contributed by atoms with Gasteiger partial charge in [-0.15, -0.1) is 0 Å². The number of hydrogen-bond donors (Lipinski definition) is 1. The van der Waals surface area contributed by atoms with Crippen LogP contribution in [0.4, 0.5) is 4.39 Å². The van der Waals surface area contributed by atoms with Gasteiger partial charge in [0.15, 0.2) is 0 Å². The number of hydrogen-bond acceptors (Lipinski definition) is 3. The van der Waals surface area contributed by atoms with Gasteiger partial charge in [0.25, 0.3) is 0 Å². The summed E-state index contributed by atoms with van der Waals surface area (Å²) < 4.78 is 17.7. The molecule has 20 heavy (non-hydrogen) atoms. The molecule has 2 aromatic carbocycles. The second kappa shape index (κ2) is 6.30. The van der Waals surface area contributed by atoms with Crippen molar-refractivity contribution >= 4 is 5.97 Å². The molecule has 0 aliphatic rings. The van der Waals surface area contributed by atoms with Gasteiger partial charge in [-0.05, 0) is 41.3 Å². The maximum absolute atomic E-state index is 12.9. The van der Waals surface area contributed by atoms with Gasteiger partial charge < -0.3 is 10.5 Å². The number of carbonyl (C=O) groups excluding carboxylic acids is 1. The van der Waals surface area contributed by atoms with Gasteiger partial charge in [0.05, 0.1) is 12.7 Å². The lowest BCUT2D eigenvalue weighted by Crippen LogP contribution is -2.08. The van der Waals surface area contributed by atoms with Crippen molar-refractivity contribution in [3.63, 3.8) is 0 Å². The fourth-order valence-electron chi connectivity index (χ4n) is 2.03. The lowest BCUT2D eigenvalue weighted by Gasteiger charge is -2.10. The van der Waals surface area contributed by atoms with Crippen LogP contribution >= 0.6 is 0 Å². The van der Waals surface area contributed by atoms with E-state index in [1.165, 1.54) is 19.2 Å². The standard InChI is InChI=1S/C16H16FNO2/c1-20-16(19)15-9-12(10-18)2-5-13(15)8-11-3-6-14(17)7-4-11/h2-7,9H,8,10,18H2,1H3. The second-order valence-electron chi connectivity index (χ2n) is 4.49. The largest absolute Gasteiger partial charge is 0.465 e. The minimum atomic E-state index is -0.391. The highest BCUT2D eigenvalue weighted by atomic mass is 19.1. The van der Waals surface area contributed by atoms with Crippen molar-refractivity contribution in [3.8, 4) is 0 Å². The zero-order valence-electron chi connectivity index (χ0n) is 11.2. The Balaban J connectivity index is 2.35. The molecular weight excluding hydrogens is 257 g/mol. The van der Waals surface area contributed by atoms with E-state index in [0.717, 1.165) is 16.7 Å².